The van der Waals surface area contributed by atoms with Crippen molar-refractivity contribution in [2.24, 2.45) is 0 Å². The zero-order chi connectivity index (χ0) is 21.2. The van der Waals surface area contributed by atoms with Crippen molar-refractivity contribution in [2.45, 2.75) is 44.4 Å². The van der Waals surface area contributed by atoms with E-state index in [1.54, 1.807) is 7.11 Å². The minimum absolute atomic E-state index is 0. The van der Waals surface area contributed by atoms with Crippen LogP contribution in [0.2, 0.25) is 0 Å². The van der Waals surface area contributed by atoms with E-state index < -0.39 is 5.60 Å². The van der Waals surface area contributed by atoms with E-state index in [-0.39, 0.29) is 24.5 Å². The molecule has 1 aliphatic rings. The summed E-state index contributed by atoms with van der Waals surface area (Å²) >= 11 is 1.87. The molecule has 0 radical (unpaired) electrons. The third-order valence-corrected chi connectivity index (χ3v) is 6.19. The van der Waals surface area contributed by atoms with Gasteiger partial charge in [0.15, 0.2) is 11.5 Å². The smallest absolute Gasteiger partial charge is 0.162 e. The van der Waals surface area contributed by atoms with E-state index in [4.69, 9.17) is 9.47 Å². The molecule has 3 rings (SSSR count). The molecule has 0 amide bonds. The predicted molar refractivity (Wildman–Crippen MR) is 135 cm³/mol. The Morgan fingerprint density at radius 1 is 1.09 bits per heavy atom. The molecule has 0 aliphatic carbocycles. The second-order valence-corrected chi connectivity index (χ2v) is 8.92. The summed E-state index contributed by atoms with van der Waals surface area (Å²) in [7, 11) is 1.64. The van der Waals surface area contributed by atoms with Crippen LogP contribution in [0.5, 0.6) is 11.5 Å². The van der Waals surface area contributed by atoms with Gasteiger partial charge >= 0.3 is 0 Å². The average Bonchev–Trinajstić information content (AvgIpc) is 2.76. The zero-order valence-corrected chi connectivity index (χ0v) is 20.4. The Hall–Kier alpha value is -1.88. The number of nitrogens with one attached hydrogen (secondary N) is 1. The van der Waals surface area contributed by atoms with E-state index in [0.717, 1.165) is 42.9 Å². The van der Waals surface area contributed by atoms with Crippen LogP contribution in [0, 0.1) is 11.8 Å². The Labute approximate surface area is 202 Å². The standard InChI is InChI=1S/C25H31NO3S.ClH.H2O/c1-20(17-21-7-4-3-5-8-21)26-19-22-9-10-23(28-2)24(18-22)29-14-6-11-25(27)12-15-30-16-13-25;;/h3-5,7-10,18,20,26-27H,12-17,19H2,1-2H3;1H;1H2. The van der Waals surface area contributed by atoms with Gasteiger partial charge in [-0.1, -0.05) is 48.2 Å². The van der Waals surface area contributed by atoms with E-state index in [2.05, 4.69) is 48.3 Å². The van der Waals surface area contributed by atoms with Gasteiger partial charge in [0.25, 0.3) is 0 Å². The Balaban J connectivity index is 0.00000256. The molecule has 5 nitrogen and oxygen atoms in total. The van der Waals surface area contributed by atoms with Gasteiger partial charge in [0, 0.05) is 12.6 Å². The largest absolute Gasteiger partial charge is 0.493 e. The van der Waals surface area contributed by atoms with Crippen LogP contribution in [0.4, 0.5) is 0 Å². The topological polar surface area (TPSA) is 82.2 Å². The molecule has 0 bridgehead atoms. The molecule has 1 saturated heterocycles. The molecule has 176 valence electrons. The van der Waals surface area contributed by atoms with Crippen LogP contribution in [-0.4, -0.2) is 47.4 Å². The molecule has 2 aromatic carbocycles. The lowest BCUT2D eigenvalue weighted by Crippen LogP contribution is -2.31. The molecule has 0 aromatic heterocycles. The Morgan fingerprint density at radius 3 is 2.50 bits per heavy atom. The monoisotopic (exact) mass is 479 g/mol. The highest BCUT2D eigenvalue weighted by atomic mass is 35.5. The maximum atomic E-state index is 10.5. The lowest BCUT2D eigenvalue weighted by Gasteiger charge is -2.26. The first kappa shape index (κ1) is 28.2. The molecule has 1 heterocycles. The number of halogens is 1. The van der Waals surface area contributed by atoms with Crippen LogP contribution in [-0.2, 0) is 13.0 Å². The fraction of sp³-hybridized carbons (Fsp3) is 0.440. The highest BCUT2D eigenvalue weighted by molar-refractivity contribution is 7.99. The average molecular weight is 480 g/mol. The first-order valence-corrected chi connectivity index (χ1v) is 11.6. The molecular formula is C25H34ClNO4S. The van der Waals surface area contributed by atoms with Gasteiger partial charge in [0.1, 0.15) is 12.2 Å². The molecule has 7 heteroatoms. The van der Waals surface area contributed by atoms with Crippen molar-refractivity contribution < 1.29 is 20.1 Å². The van der Waals surface area contributed by atoms with Crippen molar-refractivity contribution in [1.29, 1.82) is 0 Å². The lowest BCUT2D eigenvalue weighted by molar-refractivity contribution is 0.0925. The van der Waals surface area contributed by atoms with Crippen molar-refractivity contribution >= 4 is 24.2 Å². The normalized spacial score (nSPS) is 15.2. The quantitative estimate of drug-likeness (QED) is 0.565. The number of ether oxygens (including phenoxy) is 2. The van der Waals surface area contributed by atoms with Crippen LogP contribution in [0.3, 0.4) is 0 Å². The summed E-state index contributed by atoms with van der Waals surface area (Å²) in [5, 5.41) is 14.0. The third kappa shape index (κ3) is 8.93. The third-order valence-electron chi connectivity index (χ3n) is 5.21. The van der Waals surface area contributed by atoms with Crippen LogP contribution in [0.1, 0.15) is 30.9 Å². The van der Waals surface area contributed by atoms with Crippen molar-refractivity contribution in [3.05, 3.63) is 59.7 Å². The van der Waals surface area contributed by atoms with Crippen molar-refractivity contribution in [1.82, 2.24) is 5.32 Å². The van der Waals surface area contributed by atoms with E-state index in [9.17, 15) is 5.11 Å². The second kappa shape index (κ2) is 14.3. The van der Waals surface area contributed by atoms with Crippen molar-refractivity contribution in [3.8, 4) is 23.3 Å². The van der Waals surface area contributed by atoms with Gasteiger partial charge in [-0.05, 0) is 61.0 Å². The van der Waals surface area contributed by atoms with Crippen LogP contribution in [0.15, 0.2) is 48.5 Å². The Morgan fingerprint density at radius 2 is 1.81 bits per heavy atom. The van der Waals surface area contributed by atoms with E-state index in [1.807, 2.05) is 36.0 Å². The molecule has 2 aromatic rings. The second-order valence-electron chi connectivity index (χ2n) is 7.69. The number of hydrogen-bond donors (Lipinski definition) is 2. The minimum Gasteiger partial charge on any atom is -0.493 e. The van der Waals surface area contributed by atoms with Crippen molar-refractivity contribution in [2.75, 3.05) is 25.2 Å². The van der Waals surface area contributed by atoms with Gasteiger partial charge in [-0.25, -0.2) is 0 Å². The van der Waals surface area contributed by atoms with Gasteiger partial charge in [-0.15, -0.1) is 12.4 Å². The molecule has 32 heavy (non-hydrogen) atoms. The molecule has 4 N–H and O–H groups in total. The molecule has 0 saturated carbocycles. The van der Waals surface area contributed by atoms with Crippen LogP contribution in [0.25, 0.3) is 0 Å². The lowest BCUT2D eigenvalue weighted by atomic mass is 9.98. The van der Waals surface area contributed by atoms with E-state index in [0.29, 0.717) is 17.5 Å². The molecule has 1 fully saturated rings. The first-order valence-electron chi connectivity index (χ1n) is 10.5. The summed E-state index contributed by atoms with van der Waals surface area (Å²) < 4.78 is 11.3. The molecule has 1 atom stereocenters. The summed E-state index contributed by atoms with van der Waals surface area (Å²) in [6.45, 7) is 3.17. The number of rotatable bonds is 8. The SMILES string of the molecule is COc1ccc(CNC(C)Cc2ccccc2)cc1OCC#CC1(O)CCSCC1.Cl.O. The molecule has 0 spiro atoms. The number of aliphatic hydroxyl groups is 1. The van der Waals surface area contributed by atoms with Gasteiger partial charge in [-0.2, -0.15) is 11.8 Å². The Bertz CT molecular complexity index is 863. The molecule has 1 unspecified atom stereocenters. The van der Waals surface area contributed by atoms with E-state index >= 15 is 0 Å². The van der Waals surface area contributed by atoms with Gasteiger partial charge in [0.05, 0.1) is 7.11 Å². The molecular weight excluding hydrogens is 446 g/mol. The van der Waals surface area contributed by atoms with Crippen molar-refractivity contribution in [3.63, 3.8) is 0 Å². The summed E-state index contributed by atoms with van der Waals surface area (Å²) in [5.74, 6) is 9.26. The Kier molecular flexibility index (Phi) is 12.6. The maximum absolute atomic E-state index is 10.5. The number of benzene rings is 2. The fourth-order valence-corrected chi connectivity index (χ4v) is 4.59. The van der Waals surface area contributed by atoms with Gasteiger partial charge in [-0.3, -0.25) is 0 Å². The maximum Gasteiger partial charge on any atom is 0.162 e. The summed E-state index contributed by atoms with van der Waals surface area (Å²) in [5.41, 5.74) is 1.59. The summed E-state index contributed by atoms with van der Waals surface area (Å²) in [4.78, 5) is 0. The number of thioether (sulfide) groups is 1. The minimum atomic E-state index is -0.862. The van der Waals surface area contributed by atoms with Crippen LogP contribution < -0.4 is 14.8 Å². The fourth-order valence-electron chi connectivity index (χ4n) is 3.42. The van der Waals surface area contributed by atoms with Crippen LogP contribution >= 0.6 is 24.2 Å². The first-order chi connectivity index (χ1) is 14.6. The highest BCUT2D eigenvalue weighted by Crippen LogP contribution is 2.28. The summed E-state index contributed by atoms with van der Waals surface area (Å²) in [6.07, 6.45) is 2.42. The van der Waals surface area contributed by atoms with Gasteiger partial charge in [0.2, 0.25) is 0 Å². The van der Waals surface area contributed by atoms with Gasteiger partial charge < -0.3 is 25.4 Å². The van der Waals surface area contributed by atoms with E-state index in [1.165, 1.54) is 5.56 Å². The summed E-state index contributed by atoms with van der Waals surface area (Å²) in [6, 6.07) is 16.8. The number of hydrogen-bond acceptors (Lipinski definition) is 5. The zero-order valence-electron chi connectivity index (χ0n) is 18.7. The molecule has 1 aliphatic heterocycles. The predicted octanol–water partition coefficient (Wildman–Crippen LogP) is 3.65. The number of methoxy groups -OCH3 is 1. The highest BCUT2D eigenvalue weighted by Gasteiger charge is 2.26.